The third kappa shape index (κ3) is 2.51. The van der Waals surface area contributed by atoms with E-state index in [1.165, 1.54) is 7.05 Å². The molecule has 0 aliphatic carbocycles. The summed E-state index contributed by atoms with van der Waals surface area (Å²) in [5.41, 5.74) is 0.864. The first kappa shape index (κ1) is 15.6. The van der Waals surface area contributed by atoms with Crippen LogP contribution in [0.15, 0.2) is 15.5 Å². The summed E-state index contributed by atoms with van der Waals surface area (Å²) in [6.07, 6.45) is 3.60. The van der Waals surface area contributed by atoms with Crippen molar-refractivity contribution in [2.75, 3.05) is 0 Å². The van der Waals surface area contributed by atoms with Crippen molar-refractivity contribution in [1.82, 2.24) is 29.8 Å². The van der Waals surface area contributed by atoms with Crippen molar-refractivity contribution >= 4 is 16.8 Å². The molecule has 0 saturated heterocycles. The Hall–Kier alpha value is -2.97. The molecule has 9 nitrogen and oxygen atoms in total. The number of amides is 1. The van der Waals surface area contributed by atoms with E-state index in [1.54, 1.807) is 6.92 Å². The quantitative estimate of drug-likeness (QED) is 0.726. The van der Waals surface area contributed by atoms with Crippen LogP contribution in [0.1, 0.15) is 34.2 Å². The fourth-order valence-electron chi connectivity index (χ4n) is 3.31. The molecular weight excluding hydrogens is 324 g/mol. The summed E-state index contributed by atoms with van der Waals surface area (Å²) in [7, 11) is 1.49. The number of rotatable bonds is 2. The lowest BCUT2D eigenvalue weighted by Gasteiger charge is -2.24. The van der Waals surface area contributed by atoms with E-state index in [9.17, 15) is 9.59 Å². The highest BCUT2D eigenvalue weighted by molar-refractivity contribution is 6.04. The van der Waals surface area contributed by atoms with Gasteiger partial charge >= 0.3 is 0 Å². The molecule has 1 unspecified atom stereocenters. The molecule has 0 saturated carbocycles. The highest BCUT2D eigenvalue weighted by atomic mass is 16.5. The molecule has 0 bridgehead atoms. The Morgan fingerprint density at radius 1 is 1.40 bits per heavy atom. The molecule has 1 atom stereocenters. The molecule has 1 N–H and O–H groups in total. The zero-order valence-corrected chi connectivity index (χ0v) is 14.2. The largest absolute Gasteiger partial charge is 0.360 e. The first-order valence-corrected chi connectivity index (χ1v) is 8.11. The van der Waals surface area contributed by atoms with Gasteiger partial charge in [-0.25, -0.2) is 9.67 Å². The second-order valence-electron chi connectivity index (χ2n) is 6.40. The Labute approximate surface area is 142 Å². The van der Waals surface area contributed by atoms with Gasteiger partial charge in [0.1, 0.15) is 11.6 Å². The van der Waals surface area contributed by atoms with Gasteiger partial charge in [-0.3, -0.25) is 9.59 Å². The van der Waals surface area contributed by atoms with Crippen molar-refractivity contribution in [3.63, 3.8) is 0 Å². The summed E-state index contributed by atoms with van der Waals surface area (Å²) in [4.78, 5) is 29.3. The highest BCUT2D eigenvalue weighted by Crippen LogP contribution is 2.19. The van der Waals surface area contributed by atoms with Crippen LogP contribution in [0.4, 0.5) is 0 Å². The average Bonchev–Trinajstić information content (AvgIpc) is 3.12. The van der Waals surface area contributed by atoms with Crippen molar-refractivity contribution in [3.05, 3.63) is 39.5 Å². The smallest absolute Gasteiger partial charge is 0.296 e. The van der Waals surface area contributed by atoms with Crippen LogP contribution in [0.2, 0.25) is 0 Å². The summed E-state index contributed by atoms with van der Waals surface area (Å²) in [6, 6.07) is -0.0251. The van der Waals surface area contributed by atoms with Crippen molar-refractivity contribution in [1.29, 1.82) is 0 Å². The molecule has 0 radical (unpaired) electrons. The first-order valence-electron chi connectivity index (χ1n) is 8.11. The predicted molar refractivity (Wildman–Crippen MR) is 88.3 cm³/mol. The summed E-state index contributed by atoms with van der Waals surface area (Å²) in [5.74, 6) is 1.11. The fourth-order valence-corrected chi connectivity index (χ4v) is 3.31. The van der Waals surface area contributed by atoms with Gasteiger partial charge in [-0.05, 0) is 20.3 Å². The number of nitrogens with one attached hydrogen (secondary N) is 1. The molecule has 130 valence electrons. The number of carbonyl (C=O) groups excluding carboxylic acids is 1. The molecule has 1 aliphatic heterocycles. The number of nitrogens with zero attached hydrogens (tertiary/aromatic N) is 5. The van der Waals surface area contributed by atoms with E-state index in [-0.39, 0.29) is 28.7 Å². The SMILES string of the molecule is Cc1cn2c(n1)CCC(NC(=O)c1nn(C)c(=O)c3noc(C)c13)C2. The van der Waals surface area contributed by atoms with Crippen LogP contribution in [-0.2, 0) is 20.0 Å². The van der Waals surface area contributed by atoms with Gasteiger partial charge < -0.3 is 14.4 Å². The van der Waals surface area contributed by atoms with Gasteiger partial charge in [-0.1, -0.05) is 5.16 Å². The molecule has 1 aliphatic rings. The van der Waals surface area contributed by atoms with Gasteiger partial charge in [0, 0.05) is 32.3 Å². The molecule has 0 fully saturated rings. The lowest BCUT2D eigenvalue weighted by Crippen LogP contribution is -2.41. The minimum absolute atomic E-state index is 0.0251. The molecule has 9 heteroatoms. The minimum atomic E-state index is -0.389. The Morgan fingerprint density at radius 2 is 2.20 bits per heavy atom. The van der Waals surface area contributed by atoms with E-state index in [4.69, 9.17) is 4.52 Å². The summed E-state index contributed by atoms with van der Waals surface area (Å²) < 4.78 is 8.26. The standard InChI is InChI=1S/C16H18N6O3/c1-8-6-22-7-10(4-5-11(22)17-8)18-15(23)13-12-9(2)25-20-14(12)16(24)21(3)19-13/h6,10H,4-5,7H2,1-3H3,(H,18,23). The third-order valence-electron chi connectivity index (χ3n) is 4.51. The molecule has 3 aromatic heterocycles. The molecule has 4 heterocycles. The van der Waals surface area contributed by atoms with E-state index >= 15 is 0 Å². The van der Waals surface area contributed by atoms with Gasteiger partial charge in [-0.2, -0.15) is 5.10 Å². The number of hydrogen-bond acceptors (Lipinski definition) is 6. The minimum Gasteiger partial charge on any atom is -0.360 e. The monoisotopic (exact) mass is 342 g/mol. The topological polar surface area (TPSA) is 108 Å². The number of hydrogen-bond donors (Lipinski definition) is 1. The maximum Gasteiger partial charge on any atom is 0.296 e. The van der Waals surface area contributed by atoms with E-state index < -0.39 is 0 Å². The molecule has 3 aromatic rings. The normalized spacial score (nSPS) is 16.8. The first-order chi connectivity index (χ1) is 11.9. The Balaban J connectivity index is 1.64. The third-order valence-corrected chi connectivity index (χ3v) is 4.51. The van der Waals surface area contributed by atoms with Crippen molar-refractivity contribution in [2.45, 2.75) is 39.3 Å². The van der Waals surface area contributed by atoms with Crippen LogP contribution >= 0.6 is 0 Å². The van der Waals surface area contributed by atoms with Gasteiger partial charge in [0.25, 0.3) is 11.5 Å². The fraction of sp³-hybridized carbons (Fsp3) is 0.438. The van der Waals surface area contributed by atoms with Gasteiger partial charge in [0.05, 0.1) is 11.1 Å². The van der Waals surface area contributed by atoms with Crippen molar-refractivity contribution < 1.29 is 9.32 Å². The van der Waals surface area contributed by atoms with Crippen LogP contribution in [-0.4, -0.2) is 36.4 Å². The van der Waals surface area contributed by atoms with Gasteiger partial charge in [0.2, 0.25) is 0 Å². The Morgan fingerprint density at radius 3 is 3.00 bits per heavy atom. The van der Waals surface area contributed by atoms with Crippen LogP contribution in [0.5, 0.6) is 0 Å². The molecule has 25 heavy (non-hydrogen) atoms. The van der Waals surface area contributed by atoms with E-state index in [0.29, 0.717) is 17.7 Å². The van der Waals surface area contributed by atoms with Crippen LogP contribution < -0.4 is 10.9 Å². The van der Waals surface area contributed by atoms with E-state index in [2.05, 4.69) is 25.1 Å². The zero-order chi connectivity index (χ0) is 17.7. The van der Waals surface area contributed by atoms with Gasteiger partial charge in [0.15, 0.2) is 11.2 Å². The van der Waals surface area contributed by atoms with Crippen LogP contribution in [0.25, 0.3) is 10.9 Å². The molecule has 4 rings (SSSR count). The van der Waals surface area contributed by atoms with Gasteiger partial charge in [-0.15, -0.1) is 0 Å². The summed E-state index contributed by atoms with van der Waals surface area (Å²) in [5, 5.41) is 11.3. The predicted octanol–water partition coefficient (Wildman–Crippen LogP) is 0.480. The second kappa shape index (κ2) is 5.54. The highest BCUT2D eigenvalue weighted by Gasteiger charge is 2.26. The lowest BCUT2D eigenvalue weighted by atomic mass is 10.1. The van der Waals surface area contributed by atoms with E-state index in [1.807, 2.05) is 13.1 Å². The molecule has 1 amide bonds. The molecule has 0 aromatic carbocycles. The number of imidazole rings is 1. The number of fused-ring (bicyclic) bond motifs is 2. The Kier molecular flexibility index (Phi) is 3.45. The summed E-state index contributed by atoms with van der Waals surface area (Å²) >= 11 is 0. The second-order valence-corrected chi connectivity index (χ2v) is 6.40. The maximum atomic E-state index is 12.8. The van der Waals surface area contributed by atoms with Crippen LogP contribution in [0.3, 0.4) is 0 Å². The number of carbonyl (C=O) groups is 1. The van der Waals surface area contributed by atoms with Crippen molar-refractivity contribution in [2.24, 2.45) is 7.05 Å². The Bertz CT molecular complexity index is 1040. The maximum absolute atomic E-state index is 12.8. The average molecular weight is 342 g/mol. The zero-order valence-electron chi connectivity index (χ0n) is 14.2. The van der Waals surface area contributed by atoms with Crippen LogP contribution in [0, 0.1) is 13.8 Å². The van der Waals surface area contributed by atoms with Crippen molar-refractivity contribution in [3.8, 4) is 0 Å². The lowest BCUT2D eigenvalue weighted by molar-refractivity contribution is 0.0922. The molecular formula is C16H18N6O3. The number of aromatic nitrogens is 5. The number of aryl methyl sites for hydroxylation is 4. The molecule has 0 spiro atoms. The summed E-state index contributed by atoms with van der Waals surface area (Å²) in [6.45, 7) is 4.28. The van der Waals surface area contributed by atoms with E-state index in [0.717, 1.165) is 29.0 Å².